The van der Waals surface area contributed by atoms with Gasteiger partial charge in [0.2, 0.25) is 0 Å². The zero-order chi connectivity index (χ0) is 14.8. The topological polar surface area (TPSA) is 75.1 Å². The van der Waals surface area contributed by atoms with Crippen LogP contribution >= 0.6 is 0 Å². The Morgan fingerprint density at radius 3 is 2.81 bits per heavy atom. The maximum Gasteiger partial charge on any atom is 0.341 e. The van der Waals surface area contributed by atoms with Crippen LogP contribution in [0, 0.1) is 0 Å². The third kappa shape index (κ3) is 2.45. The standard InChI is InChI=1S/C16H14N2O3/c19-15-13(16(20)21)5-3-8-18(15)9-7-11-10-17-14-6-2-1-4-12(11)14/h1-6,8,10,17H,7,9H2,(H,20,21). The molecule has 2 N–H and O–H groups in total. The summed E-state index contributed by atoms with van der Waals surface area (Å²) in [4.78, 5) is 26.2. The number of hydrogen-bond donors (Lipinski definition) is 2. The highest BCUT2D eigenvalue weighted by Crippen LogP contribution is 2.18. The quantitative estimate of drug-likeness (QED) is 0.770. The SMILES string of the molecule is O=C(O)c1cccn(CCc2c[nH]c3ccccc23)c1=O. The van der Waals surface area contributed by atoms with Gasteiger partial charge in [0.25, 0.3) is 5.56 Å². The van der Waals surface area contributed by atoms with Gasteiger partial charge in [-0.3, -0.25) is 4.79 Å². The summed E-state index contributed by atoms with van der Waals surface area (Å²) in [5, 5.41) is 10.1. The predicted octanol–water partition coefficient (Wildman–Crippen LogP) is 2.27. The molecule has 0 saturated carbocycles. The monoisotopic (exact) mass is 282 g/mol. The number of rotatable bonds is 4. The number of aromatic amines is 1. The average molecular weight is 282 g/mol. The molecule has 3 aromatic rings. The number of fused-ring (bicyclic) bond motifs is 1. The molecule has 0 saturated heterocycles. The van der Waals surface area contributed by atoms with Gasteiger partial charge in [-0.1, -0.05) is 18.2 Å². The molecule has 0 bridgehead atoms. The van der Waals surface area contributed by atoms with Crippen LogP contribution in [-0.4, -0.2) is 20.6 Å². The number of hydrogen-bond acceptors (Lipinski definition) is 2. The minimum absolute atomic E-state index is 0.198. The largest absolute Gasteiger partial charge is 0.477 e. The number of nitrogens with one attached hydrogen (secondary N) is 1. The number of H-pyrrole nitrogens is 1. The molecule has 106 valence electrons. The minimum Gasteiger partial charge on any atom is -0.477 e. The van der Waals surface area contributed by atoms with Gasteiger partial charge in [0.15, 0.2) is 0 Å². The first kappa shape index (κ1) is 13.2. The second kappa shape index (κ2) is 5.28. The van der Waals surface area contributed by atoms with Gasteiger partial charge in [-0.05, 0) is 30.2 Å². The van der Waals surface area contributed by atoms with Crippen molar-refractivity contribution < 1.29 is 9.90 Å². The van der Waals surface area contributed by atoms with E-state index in [2.05, 4.69) is 4.98 Å². The lowest BCUT2D eigenvalue weighted by Crippen LogP contribution is -2.26. The van der Waals surface area contributed by atoms with E-state index in [9.17, 15) is 9.59 Å². The number of benzene rings is 1. The van der Waals surface area contributed by atoms with Gasteiger partial charge in [0.05, 0.1) is 0 Å². The highest BCUT2D eigenvalue weighted by Gasteiger charge is 2.10. The van der Waals surface area contributed by atoms with E-state index in [0.717, 1.165) is 16.5 Å². The van der Waals surface area contributed by atoms with Crippen molar-refractivity contribution in [2.24, 2.45) is 0 Å². The molecule has 0 fully saturated rings. The van der Waals surface area contributed by atoms with Gasteiger partial charge in [-0.25, -0.2) is 4.79 Å². The van der Waals surface area contributed by atoms with Gasteiger partial charge in [-0.2, -0.15) is 0 Å². The van der Waals surface area contributed by atoms with E-state index >= 15 is 0 Å². The Labute approximate surface area is 120 Å². The van der Waals surface area contributed by atoms with Crippen LogP contribution < -0.4 is 5.56 Å². The second-order valence-corrected chi connectivity index (χ2v) is 4.84. The summed E-state index contributed by atoms with van der Waals surface area (Å²) in [6, 6.07) is 10.9. The molecule has 0 aliphatic heterocycles. The number of carbonyl (C=O) groups is 1. The molecule has 1 aromatic carbocycles. The molecule has 0 aliphatic rings. The molecule has 21 heavy (non-hydrogen) atoms. The lowest BCUT2D eigenvalue weighted by Gasteiger charge is -2.06. The Bertz CT molecular complexity index is 861. The van der Waals surface area contributed by atoms with E-state index in [4.69, 9.17) is 5.11 Å². The normalized spacial score (nSPS) is 10.9. The number of pyridine rings is 1. The first-order valence-corrected chi connectivity index (χ1v) is 6.64. The third-order valence-corrected chi connectivity index (χ3v) is 3.55. The van der Waals surface area contributed by atoms with E-state index in [1.54, 1.807) is 12.3 Å². The number of carboxylic acid groups (broad SMARTS) is 1. The zero-order valence-corrected chi connectivity index (χ0v) is 11.2. The van der Waals surface area contributed by atoms with Gasteiger partial charge in [0, 0.05) is 29.8 Å². The molecule has 0 spiro atoms. The van der Waals surface area contributed by atoms with E-state index in [1.165, 1.54) is 10.6 Å². The van der Waals surface area contributed by atoms with Crippen LogP contribution in [0.1, 0.15) is 15.9 Å². The van der Waals surface area contributed by atoms with Gasteiger partial charge in [-0.15, -0.1) is 0 Å². The van der Waals surface area contributed by atoms with Crippen LogP contribution in [0.2, 0.25) is 0 Å². The average Bonchev–Trinajstić information content (AvgIpc) is 2.89. The van der Waals surface area contributed by atoms with Crippen molar-refractivity contribution >= 4 is 16.9 Å². The Kier molecular flexibility index (Phi) is 3.31. The molecule has 0 atom stereocenters. The first-order valence-electron chi connectivity index (χ1n) is 6.64. The Morgan fingerprint density at radius 2 is 2.00 bits per heavy atom. The van der Waals surface area contributed by atoms with Crippen LogP contribution in [0.3, 0.4) is 0 Å². The van der Waals surface area contributed by atoms with E-state index in [-0.39, 0.29) is 5.56 Å². The van der Waals surface area contributed by atoms with Crippen molar-refractivity contribution in [1.29, 1.82) is 0 Å². The highest BCUT2D eigenvalue weighted by molar-refractivity contribution is 5.87. The molecule has 5 nitrogen and oxygen atoms in total. The molecule has 0 amide bonds. The Hall–Kier alpha value is -2.82. The number of nitrogens with zero attached hydrogens (tertiary/aromatic N) is 1. The molecular weight excluding hydrogens is 268 g/mol. The van der Waals surface area contributed by atoms with Crippen molar-refractivity contribution in [3.63, 3.8) is 0 Å². The number of aromatic nitrogens is 2. The summed E-state index contributed by atoms with van der Waals surface area (Å²) in [6.07, 6.45) is 4.20. The molecule has 2 heterocycles. The highest BCUT2D eigenvalue weighted by atomic mass is 16.4. The van der Waals surface area contributed by atoms with Crippen molar-refractivity contribution in [1.82, 2.24) is 9.55 Å². The zero-order valence-electron chi connectivity index (χ0n) is 11.2. The van der Waals surface area contributed by atoms with Crippen LogP contribution in [0.15, 0.2) is 53.6 Å². The number of aromatic carboxylic acids is 1. The molecule has 2 aromatic heterocycles. The lowest BCUT2D eigenvalue weighted by molar-refractivity contribution is 0.0694. The smallest absolute Gasteiger partial charge is 0.341 e. The fraction of sp³-hybridized carbons (Fsp3) is 0.125. The van der Waals surface area contributed by atoms with Crippen molar-refractivity contribution in [2.45, 2.75) is 13.0 Å². The Morgan fingerprint density at radius 1 is 1.19 bits per heavy atom. The summed E-state index contributed by atoms with van der Waals surface area (Å²) in [6.45, 7) is 0.446. The van der Waals surface area contributed by atoms with E-state index < -0.39 is 11.5 Å². The van der Waals surface area contributed by atoms with Crippen LogP contribution in [0.4, 0.5) is 0 Å². The van der Waals surface area contributed by atoms with Crippen molar-refractivity contribution in [3.05, 3.63) is 70.3 Å². The lowest BCUT2D eigenvalue weighted by atomic mass is 10.1. The molecular formula is C16H14N2O3. The summed E-state index contributed by atoms with van der Waals surface area (Å²) in [7, 11) is 0. The molecule has 5 heteroatoms. The van der Waals surface area contributed by atoms with E-state index in [0.29, 0.717) is 13.0 Å². The maximum atomic E-state index is 12.0. The maximum absolute atomic E-state index is 12.0. The summed E-state index contributed by atoms with van der Waals surface area (Å²) < 4.78 is 1.44. The van der Waals surface area contributed by atoms with Crippen molar-refractivity contribution in [3.8, 4) is 0 Å². The number of aryl methyl sites for hydroxylation is 2. The molecule has 3 rings (SSSR count). The third-order valence-electron chi connectivity index (χ3n) is 3.55. The molecule has 0 radical (unpaired) electrons. The molecule has 0 unspecified atom stereocenters. The minimum atomic E-state index is -1.19. The van der Waals surface area contributed by atoms with Crippen molar-refractivity contribution in [2.75, 3.05) is 0 Å². The van der Waals surface area contributed by atoms with Gasteiger partial charge in [0.1, 0.15) is 5.56 Å². The fourth-order valence-electron chi connectivity index (χ4n) is 2.46. The number of carboxylic acids is 1. The second-order valence-electron chi connectivity index (χ2n) is 4.84. The molecule has 0 aliphatic carbocycles. The summed E-state index contributed by atoms with van der Waals surface area (Å²) in [5.74, 6) is -1.19. The summed E-state index contributed by atoms with van der Waals surface area (Å²) >= 11 is 0. The predicted molar refractivity (Wildman–Crippen MR) is 79.7 cm³/mol. The van der Waals surface area contributed by atoms with Crippen LogP contribution in [-0.2, 0) is 13.0 Å². The van der Waals surface area contributed by atoms with Crippen LogP contribution in [0.5, 0.6) is 0 Å². The number of para-hydroxylation sites is 1. The van der Waals surface area contributed by atoms with Crippen LogP contribution in [0.25, 0.3) is 10.9 Å². The Balaban J connectivity index is 1.87. The first-order chi connectivity index (χ1) is 10.2. The fourth-order valence-corrected chi connectivity index (χ4v) is 2.46. The summed E-state index contributed by atoms with van der Waals surface area (Å²) in [5.41, 5.74) is 1.50. The van der Waals surface area contributed by atoms with Gasteiger partial charge >= 0.3 is 5.97 Å². The van der Waals surface area contributed by atoms with Gasteiger partial charge < -0.3 is 14.7 Å². The van der Waals surface area contributed by atoms with E-state index in [1.807, 2.05) is 30.5 Å².